The van der Waals surface area contributed by atoms with Crippen LogP contribution in [0.2, 0.25) is 0 Å². The van der Waals surface area contributed by atoms with Gasteiger partial charge in [0.25, 0.3) is 0 Å². The molecule has 28 heavy (non-hydrogen) atoms. The van der Waals surface area contributed by atoms with Crippen molar-refractivity contribution in [3.63, 3.8) is 0 Å². The lowest BCUT2D eigenvalue weighted by molar-refractivity contribution is 0.893. The lowest BCUT2D eigenvalue weighted by atomic mass is 9.84. The Kier molecular flexibility index (Phi) is 5.64. The first-order chi connectivity index (χ1) is 13.8. The molecule has 0 saturated carbocycles. The number of benzene rings is 4. The van der Waals surface area contributed by atoms with Crippen LogP contribution in [0.3, 0.4) is 0 Å². The molecule has 0 atom stereocenters. The molecule has 4 aromatic carbocycles. The predicted octanol–water partition coefficient (Wildman–Crippen LogP) is 7.22. The molecule has 0 amide bonds. The van der Waals surface area contributed by atoms with Crippen LogP contribution in [0.4, 0.5) is 0 Å². The van der Waals surface area contributed by atoms with Gasteiger partial charge in [-0.2, -0.15) is 0 Å². The van der Waals surface area contributed by atoms with E-state index in [1.54, 1.807) is 0 Å². The average Bonchev–Trinajstić information content (AvgIpc) is 2.78. The minimum atomic E-state index is -0.258. The van der Waals surface area contributed by atoms with Gasteiger partial charge < -0.3 is 0 Å². The fourth-order valence-electron chi connectivity index (χ4n) is 3.73. The lowest BCUT2D eigenvalue weighted by Crippen LogP contribution is -2.25. The van der Waals surface area contributed by atoms with Crippen molar-refractivity contribution in [2.75, 3.05) is 0 Å². The summed E-state index contributed by atoms with van der Waals surface area (Å²) in [4.78, 5) is 0. The van der Waals surface area contributed by atoms with E-state index < -0.39 is 0 Å². The smallest absolute Gasteiger partial charge is 0.0910 e. The van der Waals surface area contributed by atoms with Crippen molar-refractivity contribution in [2.24, 2.45) is 0 Å². The van der Waals surface area contributed by atoms with Crippen molar-refractivity contribution >= 4 is 11.8 Å². The Labute approximate surface area is 172 Å². The van der Waals surface area contributed by atoms with Gasteiger partial charge in [-0.1, -0.05) is 115 Å². The molecule has 1 heteroatoms. The van der Waals surface area contributed by atoms with Crippen LogP contribution in [0, 0.1) is 6.92 Å². The third-order valence-corrected chi connectivity index (χ3v) is 6.84. The first kappa shape index (κ1) is 18.6. The second-order valence-electron chi connectivity index (χ2n) is 6.99. The molecule has 138 valence electrons. The number of thioether (sulfide) groups is 1. The predicted molar refractivity (Wildman–Crippen MR) is 122 cm³/mol. The zero-order valence-electron chi connectivity index (χ0n) is 16.1. The van der Waals surface area contributed by atoms with Crippen LogP contribution in [0.15, 0.2) is 115 Å². The molecule has 0 aromatic heterocycles. The van der Waals surface area contributed by atoms with Crippen molar-refractivity contribution < 1.29 is 0 Å². The lowest BCUT2D eigenvalue weighted by Gasteiger charge is -2.35. The quantitative estimate of drug-likeness (QED) is 0.318. The molecule has 0 spiro atoms. The molecule has 4 aromatic rings. The van der Waals surface area contributed by atoms with Crippen LogP contribution in [0.5, 0.6) is 0 Å². The maximum absolute atomic E-state index is 2.25. The number of rotatable bonds is 6. The first-order valence-corrected chi connectivity index (χ1v) is 10.6. The largest absolute Gasteiger partial charge is 0.136 e. The van der Waals surface area contributed by atoms with Gasteiger partial charge in [0.1, 0.15) is 0 Å². The standard InChI is InChI=1S/C27H24S/c1-22-13-11-12-14-23(22)21-28-27(24-15-5-2-6-16-24,25-17-7-3-8-18-25)26-19-9-4-10-20-26/h2-20H,21H2,1H3. The van der Waals surface area contributed by atoms with Crippen LogP contribution in [0.25, 0.3) is 0 Å². The summed E-state index contributed by atoms with van der Waals surface area (Å²) in [6, 6.07) is 41.4. The molecular weight excluding hydrogens is 356 g/mol. The Morgan fingerprint density at radius 3 is 1.36 bits per heavy atom. The number of aryl methyl sites for hydroxylation is 1. The van der Waals surface area contributed by atoms with E-state index in [9.17, 15) is 0 Å². The summed E-state index contributed by atoms with van der Waals surface area (Å²) < 4.78 is -0.258. The van der Waals surface area contributed by atoms with Gasteiger partial charge in [-0.15, -0.1) is 11.8 Å². The third-order valence-electron chi connectivity index (χ3n) is 5.25. The minimum Gasteiger partial charge on any atom is -0.136 e. The van der Waals surface area contributed by atoms with Gasteiger partial charge in [0.05, 0.1) is 4.75 Å². The van der Waals surface area contributed by atoms with E-state index >= 15 is 0 Å². The van der Waals surface area contributed by atoms with Crippen molar-refractivity contribution in [3.05, 3.63) is 143 Å². The molecule has 0 unspecified atom stereocenters. The SMILES string of the molecule is Cc1ccccc1CSC(c1ccccc1)(c1ccccc1)c1ccccc1. The van der Waals surface area contributed by atoms with Crippen molar-refractivity contribution in [2.45, 2.75) is 17.4 Å². The third kappa shape index (κ3) is 3.63. The molecule has 0 saturated heterocycles. The highest BCUT2D eigenvalue weighted by molar-refractivity contribution is 7.99. The fraction of sp³-hybridized carbons (Fsp3) is 0.111. The van der Waals surface area contributed by atoms with E-state index in [-0.39, 0.29) is 4.75 Å². The van der Waals surface area contributed by atoms with Gasteiger partial charge in [0, 0.05) is 5.75 Å². The molecule has 0 nitrogen and oxygen atoms in total. The normalized spacial score (nSPS) is 11.3. The topological polar surface area (TPSA) is 0 Å². The molecule has 0 N–H and O–H groups in total. The molecule has 0 bridgehead atoms. The summed E-state index contributed by atoms with van der Waals surface area (Å²) >= 11 is 2.00. The van der Waals surface area contributed by atoms with Crippen LogP contribution >= 0.6 is 11.8 Å². The maximum atomic E-state index is 2.25. The Bertz CT molecular complexity index is 911. The highest BCUT2D eigenvalue weighted by atomic mass is 32.2. The van der Waals surface area contributed by atoms with Gasteiger partial charge >= 0.3 is 0 Å². The highest BCUT2D eigenvalue weighted by Crippen LogP contribution is 2.49. The molecule has 0 aliphatic carbocycles. The molecule has 0 aliphatic heterocycles. The average molecular weight is 381 g/mol. The van der Waals surface area contributed by atoms with Gasteiger partial charge in [0.2, 0.25) is 0 Å². The van der Waals surface area contributed by atoms with E-state index in [2.05, 4.69) is 122 Å². The van der Waals surface area contributed by atoms with Gasteiger partial charge in [0.15, 0.2) is 0 Å². The van der Waals surface area contributed by atoms with E-state index in [1.165, 1.54) is 27.8 Å². The van der Waals surface area contributed by atoms with Crippen LogP contribution < -0.4 is 0 Å². The molecular formula is C27H24S. The minimum absolute atomic E-state index is 0.258. The fourth-order valence-corrected chi connectivity index (χ4v) is 5.33. The Morgan fingerprint density at radius 2 is 0.929 bits per heavy atom. The highest BCUT2D eigenvalue weighted by Gasteiger charge is 2.36. The summed E-state index contributed by atoms with van der Waals surface area (Å²) in [5, 5.41) is 0. The summed E-state index contributed by atoms with van der Waals surface area (Å²) in [5.74, 6) is 0.950. The van der Waals surface area contributed by atoms with Crippen molar-refractivity contribution in [3.8, 4) is 0 Å². The van der Waals surface area contributed by atoms with Gasteiger partial charge in [-0.3, -0.25) is 0 Å². The van der Waals surface area contributed by atoms with E-state index in [4.69, 9.17) is 0 Å². The van der Waals surface area contributed by atoms with Crippen LogP contribution in [-0.4, -0.2) is 0 Å². The molecule has 0 radical (unpaired) electrons. The van der Waals surface area contributed by atoms with Crippen LogP contribution in [-0.2, 0) is 10.5 Å². The number of hydrogen-bond acceptors (Lipinski definition) is 1. The van der Waals surface area contributed by atoms with Crippen molar-refractivity contribution in [1.82, 2.24) is 0 Å². The zero-order valence-corrected chi connectivity index (χ0v) is 16.9. The van der Waals surface area contributed by atoms with Gasteiger partial charge in [-0.25, -0.2) is 0 Å². The second-order valence-corrected chi connectivity index (χ2v) is 8.18. The van der Waals surface area contributed by atoms with Gasteiger partial charge in [-0.05, 0) is 34.7 Å². The zero-order chi connectivity index (χ0) is 19.2. The van der Waals surface area contributed by atoms with E-state index in [0.29, 0.717) is 0 Å². The van der Waals surface area contributed by atoms with Crippen molar-refractivity contribution in [1.29, 1.82) is 0 Å². The van der Waals surface area contributed by atoms with E-state index in [1.807, 2.05) is 11.8 Å². The second kappa shape index (κ2) is 8.50. The summed E-state index contributed by atoms with van der Waals surface area (Å²) in [5.41, 5.74) is 6.67. The summed E-state index contributed by atoms with van der Waals surface area (Å²) in [6.07, 6.45) is 0. The first-order valence-electron chi connectivity index (χ1n) is 9.66. The summed E-state index contributed by atoms with van der Waals surface area (Å²) in [6.45, 7) is 2.20. The molecule has 4 rings (SSSR count). The van der Waals surface area contributed by atoms with E-state index in [0.717, 1.165) is 5.75 Å². The molecule has 0 heterocycles. The number of hydrogen-bond donors (Lipinski definition) is 0. The Balaban J connectivity index is 1.89. The Morgan fingerprint density at radius 1 is 0.536 bits per heavy atom. The molecule has 0 fully saturated rings. The van der Waals surface area contributed by atoms with Crippen LogP contribution in [0.1, 0.15) is 27.8 Å². The summed E-state index contributed by atoms with van der Waals surface area (Å²) in [7, 11) is 0. The maximum Gasteiger partial charge on any atom is 0.0910 e. The monoisotopic (exact) mass is 380 g/mol. The Hall–Kier alpha value is -2.77. The molecule has 0 aliphatic rings.